The van der Waals surface area contributed by atoms with Crippen molar-refractivity contribution in [3.05, 3.63) is 0 Å². The number of piperidine rings is 1. The molecule has 0 radical (unpaired) electrons. The Balaban J connectivity index is 2.53. The predicted molar refractivity (Wildman–Crippen MR) is 75.6 cm³/mol. The maximum Gasteiger partial charge on any atom is 0.389 e. The Morgan fingerprint density at radius 2 is 1.75 bits per heavy atom. The van der Waals surface area contributed by atoms with Crippen LogP contribution in [0.5, 0.6) is 0 Å². The molecule has 2 N–H and O–H groups in total. The molecule has 1 fully saturated rings. The highest BCUT2D eigenvalue weighted by molar-refractivity contribution is 4.91. The number of hydrogen-bond acceptors (Lipinski definition) is 3. The summed E-state index contributed by atoms with van der Waals surface area (Å²) in [6.45, 7) is 4.46. The Hall–Kier alpha value is -0.330. The normalized spacial score (nSPS) is 22.2. The molecule has 0 aromatic carbocycles. The van der Waals surface area contributed by atoms with Gasteiger partial charge in [0, 0.05) is 24.5 Å². The van der Waals surface area contributed by atoms with Crippen LogP contribution in [-0.4, -0.2) is 61.3 Å². The van der Waals surface area contributed by atoms with Gasteiger partial charge in [-0.1, -0.05) is 0 Å². The summed E-state index contributed by atoms with van der Waals surface area (Å²) in [5.41, 5.74) is 5.52. The molecule has 1 heterocycles. The average Bonchev–Trinajstić information content (AvgIpc) is 2.37. The zero-order chi connectivity index (χ0) is 15.4. The molecule has 3 nitrogen and oxygen atoms in total. The van der Waals surface area contributed by atoms with Crippen LogP contribution in [0.4, 0.5) is 13.2 Å². The van der Waals surface area contributed by atoms with Crippen LogP contribution >= 0.6 is 0 Å². The van der Waals surface area contributed by atoms with Gasteiger partial charge in [-0.2, -0.15) is 13.2 Å². The van der Waals surface area contributed by atoms with Crippen molar-refractivity contribution in [3.63, 3.8) is 0 Å². The summed E-state index contributed by atoms with van der Waals surface area (Å²) in [6, 6.07) is 0.422. The lowest BCUT2D eigenvalue weighted by Gasteiger charge is -2.45. The lowest BCUT2D eigenvalue weighted by molar-refractivity contribution is -0.137. The average molecular weight is 295 g/mol. The van der Waals surface area contributed by atoms with Crippen LogP contribution in [0.3, 0.4) is 0 Å². The third kappa shape index (κ3) is 5.22. The summed E-state index contributed by atoms with van der Waals surface area (Å²) in [4.78, 5) is 4.50. The lowest BCUT2D eigenvalue weighted by atomic mass is 9.89. The van der Waals surface area contributed by atoms with Crippen LogP contribution in [0.25, 0.3) is 0 Å². The topological polar surface area (TPSA) is 32.5 Å². The molecule has 20 heavy (non-hydrogen) atoms. The first kappa shape index (κ1) is 17.7. The van der Waals surface area contributed by atoms with E-state index in [-0.39, 0.29) is 12.0 Å². The first-order chi connectivity index (χ1) is 9.18. The molecule has 1 saturated heterocycles. The van der Waals surface area contributed by atoms with Crippen LogP contribution in [-0.2, 0) is 0 Å². The van der Waals surface area contributed by atoms with Crippen LogP contribution in [0, 0.1) is 0 Å². The highest BCUT2D eigenvalue weighted by Crippen LogP contribution is 2.29. The Bertz CT molecular complexity index is 288. The molecular weight excluding hydrogens is 267 g/mol. The third-order valence-corrected chi connectivity index (χ3v) is 4.70. The minimum atomic E-state index is -4.07. The van der Waals surface area contributed by atoms with E-state index in [1.54, 1.807) is 0 Å². The molecule has 0 aliphatic carbocycles. The molecule has 0 saturated carbocycles. The van der Waals surface area contributed by atoms with Crippen LogP contribution in [0.1, 0.15) is 39.0 Å². The predicted octanol–water partition coefficient (Wildman–Crippen LogP) is 2.46. The number of hydrogen-bond donors (Lipinski definition) is 1. The fraction of sp³-hybridized carbons (Fsp3) is 1.00. The van der Waals surface area contributed by atoms with Crippen LogP contribution in [0.2, 0.25) is 0 Å². The number of likely N-dealkylation sites (N-methyl/N-ethyl adjacent to an activating group) is 1. The van der Waals surface area contributed by atoms with E-state index in [1.165, 1.54) is 0 Å². The SMILES string of the molecule is CN1CCC(N(C)C(C)(CN)CCCC(F)(F)F)CC1. The minimum absolute atomic E-state index is 0.147. The Morgan fingerprint density at radius 3 is 2.20 bits per heavy atom. The number of rotatable bonds is 6. The number of halogens is 3. The van der Waals surface area contributed by atoms with Crippen molar-refractivity contribution in [1.82, 2.24) is 9.80 Å². The molecule has 0 bridgehead atoms. The number of likely N-dealkylation sites (tertiary alicyclic amines) is 1. The quantitative estimate of drug-likeness (QED) is 0.817. The maximum absolute atomic E-state index is 12.3. The molecule has 1 atom stereocenters. The van der Waals surface area contributed by atoms with E-state index >= 15 is 0 Å². The Morgan fingerprint density at radius 1 is 1.20 bits per heavy atom. The van der Waals surface area contributed by atoms with E-state index in [0.717, 1.165) is 25.9 Å². The maximum atomic E-state index is 12.3. The van der Waals surface area contributed by atoms with Gasteiger partial charge >= 0.3 is 6.18 Å². The van der Waals surface area contributed by atoms with E-state index in [1.807, 2.05) is 14.0 Å². The van der Waals surface area contributed by atoms with Crippen molar-refractivity contribution >= 4 is 0 Å². The van der Waals surface area contributed by atoms with E-state index in [9.17, 15) is 13.2 Å². The van der Waals surface area contributed by atoms with Gasteiger partial charge in [0.05, 0.1) is 0 Å². The van der Waals surface area contributed by atoms with E-state index < -0.39 is 12.6 Å². The van der Waals surface area contributed by atoms with E-state index in [2.05, 4.69) is 16.8 Å². The standard InChI is InChI=1S/C14H28F3N3/c1-13(11-18,7-4-8-14(15,16)17)20(3)12-5-9-19(2)10-6-12/h12H,4-11,18H2,1-3H3. The van der Waals surface area contributed by atoms with Gasteiger partial charge < -0.3 is 10.6 Å². The molecule has 1 unspecified atom stereocenters. The summed E-state index contributed by atoms with van der Waals surface area (Å²) < 4.78 is 36.8. The minimum Gasteiger partial charge on any atom is -0.329 e. The van der Waals surface area contributed by atoms with Crippen molar-refractivity contribution in [2.75, 3.05) is 33.7 Å². The zero-order valence-electron chi connectivity index (χ0n) is 12.8. The summed E-state index contributed by atoms with van der Waals surface area (Å²) in [7, 11) is 4.11. The second-order valence-corrected chi connectivity index (χ2v) is 6.32. The summed E-state index contributed by atoms with van der Waals surface area (Å²) in [5.74, 6) is 0. The molecule has 0 aromatic heterocycles. The van der Waals surface area contributed by atoms with Crippen molar-refractivity contribution in [3.8, 4) is 0 Å². The first-order valence-electron chi connectivity index (χ1n) is 7.36. The first-order valence-corrected chi connectivity index (χ1v) is 7.36. The fourth-order valence-corrected chi connectivity index (χ4v) is 2.92. The van der Waals surface area contributed by atoms with Crippen molar-refractivity contribution < 1.29 is 13.2 Å². The van der Waals surface area contributed by atoms with Gasteiger partial charge in [0.25, 0.3) is 0 Å². The number of alkyl halides is 3. The summed E-state index contributed by atoms with van der Waals surface area (Å²) in [5, 5.41) is 0. The molecule has 0 spiro atoms. The van der Waals surface area contributed by atoms with Gasteiger partial charge in [-0.25, -0.2) is 0 Å². The van der Waals surface area contributed by atoms with Crippen molar-refractivity contribution in [1.29, 1.82) is 0 Å². The van der Waals surface area contributed by atoms with Crippen LogP contribution < -0.4 is 5.73 Å². The van der Waals surface area contributed by atoms with Gasteiger partial charge in [0.15, 0.2) is 0 Å². The number of nitrogens with two attached hydrogens (primary N) is 1. The second kappa shape index (κ2) is 7.09. The van der Waals surface area contributed by atoms with E-state index in [0.29, 0.717) is 19.0 Å². The van der Waals surface area contributed by atoms with Crippen molar-refractivity contribution in [2.45, 2.75) is 56.8 Å². The highest BCUT2D eigenvalue weighted by Gasteiger charge is 2.35. The van der Waals surface area contributed by atoms with Crippen LogP contribution in [0.15, 0.2) is 0 Å². The molecular formula is C14H28F3N3. The van der Waals surface area contributed by atoms with Gasteiger partial charge in [-0.15, -0.1) is 0 Å². The van der Waals surface area contributed by atoms with E-state index in [4.69, 9.17) is 5.73 Å². The van der Waals surface area contributed by atoms with Gasteiger partial charge in [-0.3, -0.25) is 4.90 Å². The molecule has 1 aliphatic rings. The summed E-state index contributed by atoms with van der Waals surface area (Å²) in [6.07, 6.45) is -2.03. The second-order valence-electron chi connectivity index (χ2n) is 6.32. The van der Waals surface area contributed by atoms with Crippen molar-refractivity contribution in [2.24, 2.45) is 5.73 Å². The zero-order valence-corrected chi connectivity index (χ0v) is 12.8. The molecule has 0 aromatic rings. The third-order valence-electron chi connectivity index (χ3n) is 4.70. The van der Waals surface area contributed by atoms with Gasteiger partial charge in [-0.05, 0) is 59.8 Å². The summed E-state index contributed by atoms with van der Waals surface area (Å²) >= 11 is 0. The fourth-order valence-electron chi connectivity index (χ4n) is 2.92. The smallest absolute Gasteiger partial charge is 0.329 e. The Kier molecular flexibility index (Phi) is 6.28. The molecule has 0 amide bonds. The molecule has 120 valence electrons. The van der Waals surface area contributed by atoms with Gasteiger partial charge in [0.1, 0.15) is 0 Å². The Labute approximate surface area is 120 Å². The number of nitrogens with zero attached hydrogens (tertiary/aromatic N) is 2. The molecule has 1 aliphatic heterocycles. The lowest BCUT2D eigenvalue weighted by Crippen LogP contribution is -2.56. The molecule has 6 heteroatoms. The monoisotopic (exact) mass is 295 g/mol. The highest BCUT2D eigenvalue weighted by atomic mass is 19.4. The molecule has 1 rings (SSSR count). The van der Waals surface area contributed by atoms with Gasteiger partial charge in [0.2, 0.25) is 0 Å². The largest absolute Gasteiger partial charge is 0.389 e.